The van der Waals surface area contributed by atoms with Gasteiger partial charge in [-0.1, -0.05) is 55.5 Å². The van der Waals surface area contributed by atoms with Gasteiger partial charge in [-0.3, -0.25) is 9.48 Å². The summed E-state index contributed by atoms with van der Waals surface area (Å²) in [5.41, 5.74) is 4.76. The van der Waals surface area contributed by atoms with Crippen LogP contribution in [0.1, 0.15) is 42.1 Å². The molecule has 0 saturated carbocycles. The lowest BCUT2D eigenvalue weighted by Crippen LogP contribution is -2.47. The first-order valence-electron chi connectivity index (χ1n) is 11.0. The Balaban J connectivity index is 1.49. The monoisotopic (exact) mass is 462 g/mol. The minimum absolute atomic E-state index is 0.0896. The Morgan fingerprint density at radius 3 is 2.18 bits per heavy atom. The molecule has 3 N–H and O–H groups in total. The molecule has 0 fully saturated rings. The van der Waals surface area contributed by atoms with Gasteiger partial charge in [0, 0.05) is 19.2 Å². The van der Waals surface area contributed by atoms with Gasteiger partial charge in [0.05, 0.1) is 5.69 Å². The number of fused-ring (bicyclic) bond motifs is 3. The van der Waals surface area contributed by atoms with Crippen molar-refractivity contribution in [2.24, 2.45) is 7.05 Å². The van der Waals surface area contributed by atoms with Crippen LogP contribution in [0.25, 0.3) is 11.1 Å². The molecule has 0 bridgehead atoms. The van der Waals surface area contributed by atoms with Crippen LogP contribution in [0, 0.1) is 0 Å². The van der Waals surface area contributed by atoms with Crippen LogP contribution >= 0.6 is 0 Å². The standard InChI is InChI=1S/C25H26N4O5/c1-3-20(24(31)32)27-23(30)22(21-12-13-26-29(21)2)28-25(33)34-14-19-17-10-6-4-8-15(17)16-9-5-7-11-18(16)19/h4-13,19-20,22H,3,14H2,1-2H3,(H,27,30)(H,28,33)(H,31,32)/t20-,22?/m0/s1. The number of aromatic nitrogens is 2. The van der Waals surface area contributed by atoms with E-state index in [-0.39, 0.29) is 18.9 Å². The summed E-state index contributed by atoms with van der Waals surface area (Å²) in [7, 11) is 1.63. The van der Waals surface area contributed by atoms with Crippen molar-refractivity contribution in [3.8, 4) is 11.1 Å². The van der Waals surface area contributed by atoms with E-state index in [1.807, 2.05) is 48.5 Å². The maximum Gasteiger partial charge on any atom is 0.408 e. The molecule has 176 valence electrons. The molecule has 9 heteroatoms. The van der Waals surface area contributed by atoms with Crippen molar-refractivity contribution in [1.82, 2.24) is 20.4 Å². The number of hydrogen-bond acceptors (Lipinski definition) is 5. The number of alkyl carbamates (subject to hydrolysis) is 1. The molecule has 2 aromatic carbocycles. The normalized spacial score (nSPS) is 13.9. The summed E-state index contributed by atoms with van der Waals surface area (Å²) in [6, 6.07) is 15.3. The maximum atomic E-state index is 12.9. The molecule has 4 rings (SSSR count). The van der Waals surface area contributed by atoms with E-state index in [0.29, 0.717) is 5.69 Å². The zero-order valence-electron chi connectivity index (χ0n) is 18.9. The van der Waals surface area contributed by atoms with Crippen LogP contribution < -0.4 is 10.6 Å². The number of carboxylic acid groups (broad SMARTS) is 1. The van der Waals surface area contributed by atoms with E-state index in [9.17, 15) is 19.5 Å². The van der Waals surface area contributed by atoms with Gasteiger partial charge in [0.2, 0.25) is 5.91 Å². The van der Waals surface area contributed by atoms with Crippen LogP contribution in [0.3, 0.4) is 0 Å². The third kappa shape index (κ3) is 4.50. The fourth-order valence-corrected chi connectivity index (χ4v) is 4.29. The minimum Gasteiger partial charge on any atom is -0.480 e. The number of benzene rings is 2. The Morgan fingerprint density at radius 2 is 1.65 bits per heavy atom. The second kappa shape index (κ2) is 9.78. The van der Waals surface area contributed by atoms with Crippen LogP contribution in [-0.4, -0.2) is 45.5 Å². The first kappa shape index (κ1) is 23.0. The lowest BCUT2D eigenvalue weighted by molar-refractivity contribution is -0.142. The number of nitrogens with zero attached hydrogens (tertiary/aromatic N) is 2. The quantitative estimate of drug-likeness (QED) is 0.473. The fourth-order valence-electron chi connectivity index (χ4n) is 4.29. The van der Waals surface area contributed by atoms with Gasteiger partial charge < -0.3 is 20.5 Å². The van der Waals surface area contributed by atoms with Crippen molar-refractivity contribution in [2.75, 3.05) is 6.61 Å². The largest absolute Gasteiger partial charge is 0.480 e. The Morgan fingerprint density at radius 1 is 1.03 bits per heavy atom. The molecule has 3 aromatic rings. The first-order valence-corrected chi connectivity index (χ1v) is 11.0. The number of rotatable bonds is 8. The van der Waals surface area contributed by atoms with Crippen molar-refractivity contribution < 1.29 is 24.2 Å². The molecule has 0 radical (unpaired) electrons. The summed E-state index contributed by atoms with van der Waals surface area (Å²) < 4.78 is 7.00. The van der Waals surface area contributed by atoms with Gasteiger partial charge in [0.25, 0.3) is 0 Å². The molecule has 0 saturated heterocycles. The lowest BCUT2D eigenvalue weighted by atomic mass is 9.98. The van der Waals surface area contributed by atoms with Gasteiger partial charge in [0.15, 0.2) is 6.04 Å². The van der Waals surface area contributed by atoms with Crippen LogP contribution in [0.4, 0.5) is 4.79 Å². The van der Waals surface area contributed by atoms with Crippen molar-refractivity contribution in [1.29, 1.82) is 0 Å². The SMILES string of the molecule is CC[C@H](NC(=O)C(NC(=O)OCC1c2ccccc2-c2ccccc21)c1ccnn1C)C(=O)O. The third-order valence-electron chi connectivity index (χ3n) is 6.05. The van der Waals surface area contributed by atoms with E-state index in [4.69, 9.17) is 4.74 Å². The number of ether oxygens (including phenoxy) is 1. The van der Waals surface area contributed by atoms with E-state index in [1.54, 1.807) is 20.0 Å². The molecule has 2 atom stereocenters. The van der Waals surface area contributed by atoms with Gasteiger partial charge in [-0.05, 0) is 34.7 Å². The topological polar surface area (TPSA) is 123 Å². The fraction of sp³-hybridized carbons (Fsp3) is 0.280. The molecular weight excluding hydrogens is 436 g/mol. The summed E-state index contributed by atoms with van der Waals surface area (Å²) in [4.78, 5) is 37.1. The van der Waals surface area contributed by atoms with Crippen molar-refractivity contribution in [3.05, 3.63) is 77.6 Å². The zero-order valence-corrected chi connectivity index (χ0v) is 18.9. The van der Waals surface area contributed by atoms with Crippen LogP contribution in [0.5, 0.6) is 0 Å². The van der Waals surface area contributed by atoms with E-state index in [1.165, 1.54) is 10.9 Å². The van der Waals surface area contributed by atoms with E-state index in [2.05, 4.69) is 15.7 Å². The van der Waals surface area contributed by atoms with Gasteiger partial charge in [0.1, 0.15) is 12.6 Å². The third-order valence-corrected chi connectivity index (χ3v) is 6.05. The van der Waals surface area contributed by atoms with Crippen LogP contribution in [-0.2, 0) is 21.4 Å². The molecule has 9 nitrogen and oxygen atoms in total. The molecule has 1 heterocycles. The van der Waals surface area contributed by atoms with E-state index in [0.717, 1.165) is 22.3 Å². The van der Waals surface area contributed by atoms with Crippen LogP contribution in [0.2, 0.25) is 0 Å². The number of hydrogen-bond donors (Lipinski definition) is 3. The maximum absolute atomic E-state index is 12.9. The van der Waals surface area contributed by atoms with Crippen molar-refractivity contribution in [2.45, 2.75) is 31.3 Å². The number of carboxylic acids is 1. The Hall–Kier alpha value is -4.14. The minimum atomic E-state index is -1.17. The predicted octanol–water partition coefficient (Wildman–Crippen LogP) is 2.98. The van der Waals surface area contributed by atoms with Crippen molar-refractivity contribution >= 4 is 18.0 Å². The van der Waals surface area contributed by atoms with E-state index >= 15 is 0 Å². The second-order valence-electron chi connectivity index (χ2n) is 8.09. The summed E-state index contributed by atoms with van der Waals surface area (Å²) in [6.07, 6.45) is 0.903. The van der Waals surface area contributed by atoms with Gasteiger partial charge >= 0.3 is 12.1 Å². The Labute approximate surface area is 196 Å². The van der Waals surface area contributed by atoms with E-state index < -0.39 is 30.1 Å². The van der Waals surface area contributed by atoms with Gasteiger partial charge in [-0.25, -0.2) is 9.59 Å². The number of nitrogens with one attached hydrogen (secondary N) is 2. The first-order chi connectivity index (χ1) is 16.4. The highest BCUT2D eigenvalue weighted by Gasteiger charge is 2.32. The predicted molar refractivity (Wildman–Crippen MR) is 124 cm³/mol. The summed E-state index contributed by atoms with van der Waals surface area (Å²) >= 11 is 0. The van der Waals surface area contributed by atoms with Gasteiger partial charge in [-0.15, -0.1) is 0 Å². The number of aryl methyl sites for hydroxylation is 1. The highest BCUT2D eigenvalue weighted by atomic mass is 16.5. The average molecular weight is 463 g/mol. The molecule has 2 amide bonds. The zero-order chi connectivity index (χ0) is 24.2. The average Bonchev–Trinajstić information content (AvgIpc) is 3.40. The molecule has 1 unspecified atom stereocenters. The number of amides is 2. The van der Waals surface area contributed by atoms with Crippen LogP contribution in [0.15, 0.2) is 60.8 Å². The Kier molecular flexibility index (Phi) is 6.62. The number of carbonyl (C=O) groups excluding carboxylic acids is 2. The molecule has 34 heavy (non-hydrogen) atoms. The molecule has 1 aliphatic rings. The summed E-state index contributed by atoms with van der Waals surface area (Å²) in [6.45, 7) is 1.74. The summed E-state index contributed by atoms with van der Waals surface area (Å²) in [5.74, 6) is -1.94. The Bertz CT molecular complexity index is 1180. The summed E-state index contributed by atoms with van der Waals surface area (Å²) in [5, 5.41) is 18.4. The molecule has 0 spiro atoms. The second-order valence-corrected chi connectivity index (χ2v) is 8.09. The van der Waals surface area contributed by atoms with Crippen molar-refractivity contribution in [3.63, 3.8) is 0 Å². The lowest BCUT2D eigenvalue weighted by Gasteiger charge is -2.21. The van der Waals surface area contributed by atoms with Gasteiger partial charge in [-0.2, -0.15) is 5.10 Å². The number of carbonyl (C=O) groups is 3. The molecule has 0 aliphatic heterocycles. The number of aliphatic carboxylic acids is 1. The molecular formula is C25H26N4O5. The smallest absolute Gasteiger partial charge is 0.408 e. The highest BCUT2D eigenvalue weighted by molar-refractivity contribution is 5.90. The molecule has 1 aromatic heterocycles. The molecule has 1 aliphatic carbocycles. The highest BCUT2D eigenvalue weighted by Crippen LogP contribution is 2.44.